The highest BCUT2D eigenvalue weighted by molar-refractivity contribution is 7.81. The van der Waals surface area contributed by atoms with E-state index in [9.17, 15) is 43.7 Å². The molecule has 0 saturated carbocycles. The maximum atomic E-state index is 12.8. The van der Waals surface area contributed by atoms with Crippen LogP contribution in [0.1, 0.15) is 200 Å². The third-order valence-electron chi connectivity index (χ3n) is 10.2. The molecule has 336 valence electrons. The number of esters is 1. The van der Waals surface area contributed by atoms with Crippen LogP contribution in [0, 0.1) is 0 Å². The molecule has 14 nitrogen and oxygen atoms in total. The van der Waals surface area contributed by atoms with E-state index in [0.717, 1.165) is 141 Å². The van der Waals surface area contributed by atoms with Crippen LogP contribution in [0.2, 0.25) is 0 Å². The van der Waals surface area contributed by atoms with Gasteiger partial charge < -0.3 is 4.74 Å². The molecule has 57 heavy (non-hydrogen) atoms. The molecule has 0 spiro atoms. The molecule has 1 heterocycles. The minimum absolute atomic E-state index is 0.111. The highest BCUT2D eigenvalue weighted by Gasteiger charge is 2.26. The Bertz CT molecular complexity index is 1410. The first-order chi connectivity index (χ1) is 27.1. The molecule has 1 rings (SSSR count). The van der Waals surface area contributed by atoms with E-state index >= 15 is 0 Å². The van der Waals surface area contributed by atoms with Crippen LogP contribution < -0.4 is 0 Å². The first kappa shape index (κ1) is 53.6. The van der Waals surface area contributed by atoms with Crippen LogP contribution in [0.15, 0.2) is 24.3 Å². The van der Waals surface area contributed by atoms with Gasteiger partial charge in [-0.15, -0.1) is 0 Å². The van der Waals surface area contributed by atoms with Crippen LogP contribution in [-0.2, 0) is 53.3 Å². The fourth-order valence-corrected chi connectivity index (χ4v) is 8.89. The lowest BCUT2D eigenvalue weighted by molar-refractivity contribution is -0.144. The van der Waals surface area contributed by atoms with Gasteiger partial charge in [0.1, 0.15) is 6.10 Å². The number of ether oxygens (including phenoxy) is 1. The van der Waals surface area contributed by atoms with Gasteiger partial charge in [0.25, 0.3) is 0 Å². The predicted molar refractivity (Wildman–Crippen MR) is 222 cm³/mol. The molecule has 1 aliphatic heterocycles. The molecule has 0 aromatic heterocycles. The lowest BCUT2D eigenvalue weighted by Gasteiger charge is -2.23. The first-order valence-electron chi connectivity index (χ1n) is 21.5. The lowest BCUT2D eigenvalue weighted by Crippen LogP contribution is -2.27. The maximum Gasteiger partial charge on any atom is 0.397 e. The normalized spacial score (nSPS) is 24.0. The molecule has 1 aliphatic rings. The van der Waals surface area contributed by atoms with Gasteiger partial charge >= 0.3 is 37.2 Å². The van der Waals surface area contributed by atoms with Crippen molar-refractivity contribution >= 4 is 37.2 Å². The minimum atomic E-state index is -4.79. The first-order valence-corrected chi connectivity index (χ1v) is 25.6. The number of carbonyl (C=O) groups excluding carboxylic acids is 1. The second-order valence-corrected chi connectivity index (χ2v) is 18.6. The number of allylic oxidation sites excluding steroid dienone is 3. The molecular formula is C40H74O14S3. The third-order valence-corrected chi connectivity index (χ3v) is 11.7. The van der Waals surface area contributed by atoms with E-state index in [1.807, 2.05) is 19.1 Å². The molecule has 3 N–H and O–H groups in total. The van der Waals surface area contributed by atoms with E-state index in [2.05, 4.69) is 6.08 Å². The minimum Gasteiger partial charge on any atom is -0.459 e. The van der Waals surface area contributed by atoms with Gasteiger partial charge in [0.2, 0.25) is 0 Å². The standard InChI is InChI=1S/C40H74O14S3/c1-2-3-4-5-14-20-25-30-37(52-55(42,43)44)34-36-29-24-19-15-11-9-12-17-22-27-32-39(54-57(48,49)50)35-38(53-56(45,46)47)31-26-21-16-10-7-6-8-13-18-23-28-33-40(41)51-36/h2-3,28,33,36-39H,4-27,29-32,34-35H2,1H3,(H,42,43,44)(H,45,46,47)(H,48,49,50)/b3-2-,33-28+/t36-,37-,38+,39-/m0/s1. The van der Waals surface area contributed by atoms with Crippen molar-refractivity contribution in [1.82, 2.24) is 0 Å². The Morgan fingerprint density at radius 2 is 1.11 bits per heavy atom. The maximum absolute atomic E-state index is 12.8. The summed E-state index contributed by atoms with van der Waals surface area (Å²) in [7, 11) is -14.2. The highest BCUT2D eigenvalue weighted by Crippen LogP contribution is 2.24. The van der Waals surface area contributed by atoms with Gasteiger partial charge in [0.05, 0.1) is 18.3 Å². The summed E-state index contributed by atoms with van der Waals surface area (Å²) in [4.78, 5) is 12.8. The van der Waals surface area contributed by atoms with Gasteiger partial charge in [-0.3, -0.25) is 13.7 Å². The highest BCUT2D eigenvalue weighted by atomic mass is 32.3. The van der Waals surface area contributed by atoms with Gasteiger partial charge in [-0.25, -0.2) is 17.3 Å². The number of carbonyl (C=O) groups is 1. The fourth-order valence-electron chi connectivity index (χ4n) is 7.33. The summed E-state index contributed by atoms with van der Waals surface area (Å²) in [6, 6.07) is 0. The van der Waals surface area contributed by atoms with Crippen LogP contribution in [0.5, 0.6) is 0 Å². The Kier molecular flexibility index (Phi) is 30.4. The summed E-state index contributed by atoms with van der Waals surface area (Å²) in [5.41, 5.74) is 0. The zero-order chi connectivity index (χ0) is 42.3. The zero-order valence-electron chi connectivity index (χ0n) is 34.4. The van der Waals surface area contributed by atoms with Crippen LogP contribution in [-0.4, -0.2) is 69.3 Å². The molecule has 0 saturated heterocycles. The molecule has 0 radical (unpaired) electrons. The summed E-state index contributed by atoms with van der Waals surface area (Å²) < 4.78 is 118. The second kappa shape index (κ2) is 32.3. The van der Waals surface area contributed by atoms with Crippen molar-refractivity contribution < 1.29 is 61.0 Å². The molecule has 0 unspecified atom stereocenters. The van der Waals surface area contributed by atoms with E-state index in [1.54, 1.807) is 0 Å². The Morgan fingerprint density at radius 1 is 0.649 bits per heavy atom. The average molecular weight is 875 g/mol. The zero-order valence-corrected chi connectivity index (χ0v) is 36.8. The Labute approximate surface area is 345 Å². The molecule has 17 heteroatoms. The van der Waals surface area contributed by atoms with E-state index in [-0.39, 0.29) is 25.7 Å². The Balaban J connectivity index is 2.85. The molecule has 0 aromatic carbocycles. The molecule has 0 aromatic rings. The van der Waals surface area contributed by atoms with Crippen molar-refractivity contribution in [2.75, 3.05) is 0 Å². The number of unbranched alkanes of at least 4 members (excludes halogenated alkanes) is 4. The number of cyclic esters (lactones) is 1. The summed E-state index contributed by atoms with van der Waals surface area (Å²) in [6.45, 7) is 1.98. The predicted octanol–water partition coefficient (Wildman–Crippen LogP) is 10.3. The van der Waals surface area contributed by atoms with Crippen LogP contribution in [0.25, 0.3) is 0 Å². The van der Waals surface area contributed by atoms with Gasteiger partial charge in [-0.1, -0.05) is 140 Å². The van der Waals surface area contributed by atoms with E-state index in [4.69, 9.17) is 17.3 Å². The van der Waals surface area contributed by atoms with Gasteiger partial charge in [0, 0.05) is 18.9 Å². The monoisotopic (exact) mass is 874 g/mol. The summed E-state index contributed by atoms with van der Waals surface area (Å²) in [5, 5.41) is 0. The van der Waals surface area contributed by atoms with Crippen molar-refractivity contribution in [1.29, 1.82) is 0 Å². The van der Waals surface area contributed by atoms with Crippen molar-refractivity contribution in [3.63, 3.8) is 0 Å². The average Bonchev–Trinajstić information content (AvgIpc) is 3.09. The molecule has 4 atom stereocenters. The molecule has 0 bridgehead atoms. The van der Waals surface area contributed by atoms with Gasteiger partial charge in [-0.2, -0.15) is 25.3 Å². The molecule has 0 amide bonds. The van der Waals surface area contributed by atoms with Crippen LogP contribution >= 0.6 is 0 Å². The van der Waals surface area contributed by atoms with E-state index in [0.29, 0.717) is 25.7 Å². The van der Waals surface area contributed by atoms with Crippen molar-refractivity contribution in [3.05, 3.63) is 24.3 Å². The second-order valence-electron chi connectivity index (χ2n) is 15.4. The third kappa shape index (κ3) is 36.2. The van der Waals surface area contributed by atoms with Crippen molar-refractivity contribution in [2.45, 2.75) is 224 Å². The van der Waals surface area contributed by atoms with Crippen molar-refractivity contribution in [2.24, 2.45) is 0 Å². The molecular weight excluding hydrogens is 801 g/mol. The smallest absolute Gasteiger partial charge is 0.397 e. The fraction of sp³-hybridized carbons (Fsp3) is 0.875. The molecule has 0 fully saturated rings. The summed E-state index contributed by atoms with van der Waals surface area (Å²) >= 11 is 0. The quantitative estimate of drug-likeness (QED) is 0.0604. The topological polar surface area (TPSA) is 217 Å². The number of rotatable bonds is 15. The Hall–Kier alpha value is -1.44. The van der Waals surface area contributed by atoms with E-state index in [1.165, 1.54) is 6.08 Å². The van der Waals surface area contributed by atoms with Crippen LogP contribution in [0.3, 0.4) is 0 Å². The Morgan fingerprint density at radius 3 is 1.58 bits per heavy atom. The SMILES string of the molecule is C/C=C\CCCCCC[C@@H](C[C@@H]1CCCCCCCCCCC[C@H](OS(=O)(=O)O)C[C@H](OS(=O)(=O)O)CCCCCCCCCCC/C=C/C(=O)O1)OS(=O)(=O)O. The van der Waals surface area contributed by atoms with Gasteiger partial charge in [-0.05, 0) is 64.7 Å². The van der Waals surface area contributed by atoms with Crippen molar-refractivity contribution in [3.8, 4) is 0 Å². The lowest BCUT2D eigenvalue weighted by atomic mass is 9.99. The largest absolute Gasteiger partial charge is 0.459 e. The van der Waals surface area contributed by atoms with Crippen LogP contribution in [0.4, 0.5) is 0 Å². The molecule has 0 aliphatic carbocycles. The summed E-state index contributed by atoms with van der Waals surface area (Å²) in [5.74, 6) is -0.471. The van der Waals surface area contributed by atoms with Gasteiger partial charge in [0.15, 0.2) is 0 Å². The number of hydrogen-bond donors (Lipinski definition) is 3. The number of hydrogen-bond acceptors (Lipinski definition) is 11. The summed E-state index contributed by atoms with van der Waals surface area (Å²) in [6.07, 6.45) is 27.2. The van der Waals surface area contributed by atoms with E-state index < -0.39 is 61.6 Å².